The second-order valence-corrected chi connectivity index (χ2v) is 10.6. The fourth-order valence-electron chi connectivity index (χ4n) is 4.34. The van der Waals surface area contributed by atoms with Crippen LogP contribution < -0.4 is 10.0 Å². The molecule has 1 unspecified atom stereocenters. The predicted molar refractivity (Wildman–Crippen MR) is 129 cm³/mol. The zero-order chi connectivity index (χ0) is 24.1. The number of likely N-dealkylation sites (tertiary alicyclic amines) is 1. The average molecular weight is 486 g/mol. The predicted octanol–water partition coefficient (Wildman–Crippen LogP) is 2.94. The lowest BCUT2D eigenvalue weighted by Gasteiger charge is -2.31. The summed E-state index contributed by atoms with van der Waals surface area (Å²) >= 11 is 0. The summed E-state index contributed by atoms with van der Waals surface area (Å²) in [5.74, 6) is -0.261. The number of carbonyl (C=O) groups is 2. The van der Waals surface area contributed by atoms with E-state index in [0.717, 1.165) is 25.0 Å². The Labute approximate surface area is 200 Å². The van der Waals surface area contributed by atoms with Gasteiger partial charge in [-0.15, -0.1) is 0 Å². The molecule has 2 aliphatic rings. The molecule has 0 aromatic heterocycles. The molecule has 8 nitrogen and oxygen atoms in total. The zero-order valence-electron chi connectivity index (χ0n) is 19.3. The number of benzene rings is 2. The van der Waals surface area contributed by atoms with Gasteiger partial charge in [0, 0.05) is 43.4 Å². The van der Waals surface area contributed by atoms with E-state index in [-0.39, 0.29) is 28.7 Å². The minimum Gasteiger partial charge on any atom is -0.376 e. The number of nitrogens with zero attached hydrogens (tertiary/aromatic N) is 1. The molecule has 0 radical (unpaired) electrons. The first-order valence-electron chi connectivity index (χ1n) is 11.7. The average Bonchev–Trinajstić information content (AvgIpc) is 3.36. The first-order chi connectivity index (χ1) is 16.3. The Hall–Kier alpha value is -2.91. The van der Waals surface area contributed by atoms with Crippen LogP contribution in [0.4, 0.5) is 5.69 Å². The zero-order valence-corrected chi connectivity index (χ0v) is 20.1. The van der Waals surface area contributed by atoms with Crippen molar-refractivity contribution in [3.8, 4) is 0 Å². The Morgan fingerprint density at radius 3 is 2.47 bits per heavy atom. The van der Waals surface area contributed by atoms with Crippen LogP contribution in [-0.2, 0) is 19.6 Å². The highest BCUT2D eigenvalue weighted by molar-refractivity contribution is 7.92. The van der Waals surface area contributed by atoms with Crippen LogP contribution in [0.5, 0.6) is 0 Å². The summed E-state index contributed by atoms with van der Waals surface area (Å²) in [5.41, 5.74) is 1.70. The molecule has 2 N–H and O–H groups in total. The molecule has 2 amide bonds. The maximum absolute atomic E-state index is 13.0. The first kappa shape index (κ1) is 24.2. The standard InChI is InChI=1S/C25H31N3O5S/c1-18-7-9-23(10-8-18)34(31,32)27-21-5-2-4-20(16-21)25(30)28-13-11-19(12-14-28)24(29)26-17-22-6-3-15-33-22/h2,4-5,7-10,16,19,22,27H,3,6,11-15,17H2,1H3,(H,26,29). The van der Waals surface area contributed by atoms with Crippen LogP contribution >= 0.6 is 0 Å². The van der Waals surface area contributed by atoms with Gasteiger partial charge in [0.05, 0.1) is 11.0 Å². The van der Waals surface area contributed by atoms with Crippen LogP contribution in [0.15, 0.2) is 53.4 Å². The Bertz CT molecular complexity index is 1120. The summed E-state index contributed by atoms with van der Waals surface area (Å²) in [5, 5.41) is 2.98. The maximum Gasteiger partial charge on any atom is 0.261 e. The quantitative estimate of drug-likeness (QED) is 0.628. The van der Waals surface area contributed by atoms with Crippen LogP contribution in [0.25, 0.3) is 0 Å². The van der Waals surface area contributed by atoms with Crippen LogP contribution in [0.1, 0.15) is 41.6 Å². The minimum atomic E-state index is -3.75. The van der Waals surface area contributed by atoms with Crippen LogP contribution in [0.2, 0.25) is 0 Å². The Kier molecular flexibility index (Phi) is 7.53. The van der Waals surface area contributed by atoms with Crippen molar-refractivity contribution in [2.45, 2.75) is 43.6 Å². The Morgan fingerprint density at radius 2 is 1.79 bits per heavy atom. The highest BCUT2D eigenvalue weighted by Crippen LogP contribution is 2.22. The largest absolute Gasteiger partial charge is 0.376 e. The van der Waals surface area contributed by atoms with E-state index in [4.69, 9.17) is 4.74 Å². The lowest BCUT2D eigenvalue weighted by atomic mass is 9.95. The molecule has 0 aliphatic carbocycles. The summed E-state index contributed by atoms with van der Waals surface area (Å²) in [6.45, 7) is 4.16. The fourth-order valence-corrected chi connectivity index (χ4v) is 5.39. The van der Waals surface area contributed by atoms with Gasteiger partial charge in [0.1, 0.15) is 0 Å². The maximum atomic E-state index is 13.0. The topological polar surface area (TPSA) is 105 Å². The van der Waals surface area contributed by atoms with Crippen molar-refractivity contribution in [1.29, 1.82) is 0 Å². The molecule has 4 rings (SSSR count). The number of hydrogen-bond donors (Lipinski definition) is 2. The number of amides is 2. The number of ether oxygens (including phenoxy) is 1. The molecule has 2 aromatic carbocycles. The van der Waals surface area contributed by atoms with Gasteiger partial charge in [0.25, 0.3) is 15.9 Å². The third kappa shape index (κ3) is 5.95. The van der Waals surface area contributed by atoms with E-state index in [2.05, 4.69) is 10.0 Å². The molecular formula is C25H31N3O5S. The Morgan fingerprint density at radius 1 is 1.06 bits per heavy atom. The molecule has 1 atom stereocenters. The summed E-state index contributed by atoms with van der Waals surface area (Å²) in [7, 11) is -3.75. The van der Waals surface area contributed by atoms with E-state index < -0.39 is 10.0 Å². The molecule has 0 bridgehead atoms. The SMILES string of the molecule is Cc1ccc(S(=O)(=O)Nc2cccc(C(=O)N3CCC(C(=O)NCC4CCCO4)CC3)c2)cc1. The number of piperidine rings is 1. The smallest absolute Gasteiger partial charge is 0.261 e. The number of hydrogen-bond acceptors (Lipinski definition) is 5. The van der Waals surface area contributed by atoms with E-state index in [1.165, 1.54) is 0 Å². The fraction of sp³-hybridized carbons (Fsp3) is 0.440. The van der Waals surface area contributed by atoms with E-state index in [0.29, 0.717) is 43.7 Å². The van der Waals surface area contributed by atoms with Crippen molar-refractivity contribution < 1.29 is 22.7 Å². The van der Waals surface area contributed by atoms with E-state index in [9.17, 15) is 18.0 Å². The number of rotatable bonds is 7. The number of sulfonamides is 1. The molecule has 2 saturated heterocycles. The van der Waals surface area contributed by atoms with Gasteiger partial charge in [-0.2, -0.15) is 0 Å². The van der Waals surface area contributed by atoms with Gasteiger partial charge >= 0.3 is 0 Å². The molecule has 0 spiro atoms. The monoisotopic (exact) mass is 485 g/mol. The molecule has 2 aliphatic heterocycles. The highest BCUT2D eigenvalue weighted by Gasteiger charge is 2.28. The van der Waals surface area contributed by atoms with Crippen LogP contribution in [0.3, 0.4) is 0 Å². The van der Waals surface area contributed by atoms with E-state index >= 15 is 0 Å². The van der Waals surface area contributed by atoms with Gasteiger partial charge in [0.15, 0.2) is 0 Å². The molecule has 2 heterocycles. The van der Waals surface area contributed by atoms with Crippen LogP contribution in [0, 0.1) is 12.8 Å². The van der Waals surface area contributed by atoms with Gasteiger partial charge in [-0.05, 0) is 62.9 Å². The minimum absolute atomic E-state index is 0.0232. The van der Waals surface area contributed by atoms with Gasteiger partial charge < -0.3 is 15.0 Å². The molecule has 0 saturated carbocycles. The molecule has 2 fully saturated rings. The molecular weight excluding hydrogens is 454 g/mol. The summed E-state index contributed by atoms with van der Waals surface area (Å²) in [4.78, 5) is 27.4. The number of carbonyl (C=O) groups excluding carboxylic acids is 2. The Balaban J connectivity index is 1.32. The molecule has 182 valence electrons. The van der Waals surface area contributed by atoms with Gasteiger partial charge in [-0.25, -0.2) is 8.42 Å². The van der Waals surface area contributed by atoms with Gasteiger partial charge in [-0.1, -0.05) is 23.8 Å². The third-order valence-corrected chi connectivity index (χ3v) is 7.77. The molecule has 9 heteroatoms. The third-order valence-electron chi connectivity index (χ3n) is 6.37. The molecule has 34 heavy (non-hydrogen) atoms. The van der Waals surface area contributed by atoms with E-state index in [1.54, 1.807) is 53.4 Å². The summed E-state index contributed by atoms with van der Waals surface area (Å²) in [6.07, 6.45) is 3.33. The van der Waals surface area contributed by atoms with Crippen molar-refractivity contribution >= 4 is 27.5 Å². The van der Waals surface area contributed by atoms with Crippen molar-refractivity contribution in [3.05, 3.63) is 59.7 Å². The van der Waals surface area contributed by atoms with Gasteiger partial charge in [0.2, 0.25) is 5.91 Å². The number of aryl methyl sites for hydroxylation is 1. The first-order valence-corrected chi connectivity index (χ1v) is 13.2. The van der Waals surface area contributed by atoms with Crippen molar-refractivity contribution in [3.63, 3.8) is 0 Å². The van der Waals surface area contributed by atoms with Crippen LogP contribution in [-0.4, -0.2) is 57.5 Å². The normalized spacial score (nSPS) is 19.1. The number of nitrogens with one attached hydrogen (secondary N) is 2. The summed E-state index contributed by atoms with van der Waals surface area (Å²) < 4.78 is 33.5. The lowest BCUT2D eigenvalue weighted by Crippen LogP contribution is -2.44. The van der Waals surface area contributed by atoms with E-state index in [1.807, 2.05) is 6.92 Å². The van der Waals surface area contributed by atoms with Crippen molar-refractivity contribution in [2.75, 3.05) is 31.0 Å². The van der Waals surface area contributed by atoms with Crippen molar-refractivity contribution in [2.24, 2.45) is 5.92 Å². The second kappa shape index (κ2) is 10.6. The number of anilines is 1. The highest BCUT2D eigenvalue weighted by atomic mass is 32.2. The lowest BCUT2D eigenvalue weighted by molar-refractivity contribution is -0.126. The second-order valence-electron chi connectivity index (χ2n) is 8.95. The summed E-state index contributed by atoms with van der Waals surface area (Å²) in [6, 6.07) is 13.1. The van der Waals surface area contributed by atoms with Crippen molar-refractivity contribution in [1.82, 2.24) is 10.2 Å². The molecule has 2 aromatic rings. The van der Waals surface area contributed by atoms with Gasteiger partial charge in [-0.3, -0.25) is 14.3 Å².